The second kappa shape index (κ2) is 6.76. The van der Waals surface area contributed by atoms with Crippen LogP contribution < -0.4 is 9.64 Å². The molecule has 2 fully saturated rings. The second-order valence-electron chi connectivity index (χ2n) is 7.71. The summed E-state index contributed by atoms with van der Waals surface area (Å²) in [7, 11) is 1.67. The standard InChI is InChI=1S/C22H26N2O2/c1-15(2)13-23-14-18-12-20(23)22(25)24(18)19-11-17(9-10-21(19)26-3)16-7-5-4-6-8-16/h4-11,15,18,20H,12-14H2,1-3H3/t18-,20-/m0/s1. The molecule has 0 spiro atoms. The molecule has 2 aromatic rings. The van der Waals surface area contributed by atoms with Crippen LogP contribution in [-0.4, -0.2) is 43.1 Å². The first-order valence-electron chi connectivity index (χ1n) is 9.39. The lowest BCUT2D eigenvalue weighted by atomic mass is 10.0. The first-order valence-corrected chi connectivity index (χ1v) is 9.39. The number of hydrogen-bond acceptors (Lipinski definition) is 3. The van der Waals surface area contributed by atoms with Gasteiger partial charge in [0, 0.05) is 13.1 Å². The number of carbonyl (C=O) groups excluding carboxylic acids is 1. The molecule has 4 nitrogen and oxygen atoms in total. The maximum Gasteiger partial charge on any atom is 0.244 e. The number of benzene rings is 2. The maximum absolute atomic E-state index is 13.1. The van der Waals surface area contributed by atoms with Crippen molar-refractivity contribution in [3.63, 3.8) is 0 Å². The minimum atomic E-state index is 0.0208. The number of hydrogen-bond donors (Lipinski definition) is 0. The molecule has 0 aliphatic carbocycles. The normalized spacial score (nSPS) is 22.5. The van der Waals surface area contributed by atoms with Crippen molar-refractivity contribution in [3.05, 3.63) is 48.5 Å². The molecule has 2 atom stereocenters. The quantitative estimate of drug-likeness (QED) is 0.822. The summed E-state index contributed by atoms with van der Waals surface area (Å²) in [6.07, 6.45) is 0.921. The molecule has 2 aliphatic rings. The van der Waals surface area contributed by atoms with Crippen molar-refractivity contribution in [2.45, 2.75) is 32.4 Å². The van der Waals surface area contributed by atoms with Crippen LogP contribution in [0.3, 0.4) is 0 Å². The van der Waals surface area contributed by atoms with Gasteiger partial charge in [0.2, 0.25) is 5.91 Å². The molecule has 2 aromatic carbocycles. The van der Waals surface area contributed by atoms with Gasteiger partial charge in [-0.15, -0.1) is 0 Å². The number of piperazine rings is 1. The molecule has 4 rings (SSSR count). The van der Waals surface area contributed by atoms with Gasteiger partial charge in [-0.05, 0) is 35.6 Å². The highest BCUT2D eigenvalue weighted by Gasteiger charge is 2.50. The van der Waals surface area contributed by atoms with Crippen molar-refractivity contribution in [2.24, 2.45) is 5.92 Å². The molecule has 4 heteroatoms. The topological polar surface area (TPSA) is 32.8 Å². The van der Waals surface area contributed by atoms with Crippen molar-refractivity contribution in [1.82, 2.24) is 4.90 Å². The highest BCUT2D eigenvalue weighted by Crippen LogP contribution is 2.41. The molecule has 0 aromatic heterocycles. The molecule has 136 valence electrons. The lowest BCUT2D eigenvalue weighted by Crippen LogP contribution is -2.51. The highest BCUT2D eigenvalue weighted by molar-refractivity contribution is 6.03. The zero-order valence-electron chi connectivity index (χ0n) is 15.7. The number of nitrogens with zero attached hydrogens (tertiary/aromatic N) is 2. The van der Waals surface area contributed by atoms with Gasteiger partial charge in [0.25, 0.3) is 0 Å². The number of carbonyl (C=O) groups is 1. The molecule has 0 N–H and O–H groups in total. The summed E-state index contributed by atoms with van der Waals surface area (Å²) in [5, 5.41) is 0. The van der Waals surface area contributed by atoms with Crippen LogP contribution in [0.15, 0.2) is 48.5 Å². The molecule has 2 aliphatic heterocycles. The van der Waals surface area contributed by atoms with Crippen molar-refractivity contribution in [1.29, 1.82) is 0 Å². The smallest absolute Gasteiger partial charge is 0.244 e. The predicted octanol–water partition coefficient (Wildman–Crippen LogP) is 3.81. The lowest BCUT2D eigenvalue weighted by Gasteiger charge is -2.35. The molecule has 2 saturated heterocycles. The number of fused-ring (bicyclic) bond motifs is 2. The largest absolute Gasteiger partial charge is 0.495 e. The van der Waals surface area contributed by atoms with Gasteiger partial charge < -0.3 is 9.64 Å². The Morgan fingerprint density at radius 1 is 1.12 bits per heavy atom. The zero-order chi connectivity index (χ0) is 18.3. The Hall–Kier alpha value is -2.33. The molecule has 26 heavy (non-hydrogen) atoms. The van der Waals surface area contributed by atoms with E-state index in [1.807, 2.05) is 29.2 Å². The molecule has 0 unspecified atom stereocenters. The predicted molar refractivity (Wildman–Crippen MR) is 105 cm³/mol. The van der Waals surface area contributed by atoms with Crippen LogP contribution in [-0.2, 0) is 4.79 Å². The van der Waals surface area contributed by atoms with Crippen LogP contribution in [0.2, 0.25) is 0 Å². The van der Waals surface area contributed by atoms with Gasteiger partial charge in [-0.1, -0.05) is 50.2 Å². The Balaban J connectivity index is 1.67. The van der Waals surface area contributed by atoms with Gasteiger partial charge in [0.1, 0.15) is 5.75 Å². The zero-order valence-corrected chi connectivity index (χ0v) is 15.7. The summed E-state index contributed by atoms with van der Waals surface area (Å²) in [4.78, 5) is 17.4. The number of anilines is 1. The number of amides is 1. The van der Waals surface area contributed by atoms with Crippen molar-refractivity contribution in [2.75, 3.05) is 25.1 Å². The summed E-state index contributed by atoms with van der Waals surface area (Å²) in [6.45, 7) is 6.36. The molecule has 0 saturated carbocycles. The second-order valence-corrected chi connectivity index (χ2v) is 7.71. The van der Waals surface area contributed by atoms with E-state index >= 15 is 0 Å². The van der Waals surface area contributed by atoms with Crippen LogP contribution in [0.4, 0.5) is 5.69 Å². The lowest BCUT2D eigenvalue weighted by molar-refractivity contribution is -0.122. The van der Waals surface area contributed by atoms with Gasteiger partial charge >= 0.3 is 0 Å². The van der Waals surface area contributed by atoms with Crippen molar-refractivity contribution >= 4 is 11.6 Å². The number of ether oxygens (including phenoxy) is 1. The van der Waals surface area contributed by atoms with Gasteiger partial charge in [0.05, 0.1) is 24.9 Å². The minimum Gasteiger partial charge on any atom is -0.495 e. The third-order valence-electron chi connectivity index (χ3n) is 5.41. The number of rotatable bonds is 5. The van der Waals surface area contributed by atoms with Crippen LogP contribution >= 0.6 is 0 Å². The van der Waals surface area contributed by atoms with Gasteiger partial charge in [0.15, 0.2) is 0 Å². The average molecular weight is 350 g/mol. The Kier molecular flexibility index (Phi) is 4.45. The van der Waals surface area contributed by atoms with Gasteiger partial charge in [-0.25, -0.2) is 0 Å². The Morgan fingerprint density at radius 3 is 2.54 bits per heavy atom. The van der Waals surface area contributed by atoms with E-state index in [0.29, 0.717) is 5.92 Å². The Labute approximate surface area is 155 Å². The first kappa shape index (κ1) is 17.1. The van der Waals surface area contributed by atoms with E-state index in [2.05, 4.69) is 43.0 Å². The summed E-state index contributed by atoms with van der Waals surface area (Å²) < 4.78 is 5.59. The molecule has 1 amide bonds. The first-order chi connectivity index (χ1) is 12.6. The monoisotopic (exact) mass is 350 g/mol. The van der Waals surface area contributed by atoms with E-state index in [0.717, 1.165) is 42.1 Å². The fourth-order valence-corrected chi connectivity index (χ4v) is 4.34. The molecular weight excluding hydrogens is 324 g/mol. The summed E-state index contributed by atoms with van der Waals surface area (Å²) in [5.74, 6) is 1.55. The van der Waals surface area contributed by atoms with E-state index in [1.54, 1.807) is 7.11 Å². The summed E-state index contributed by atoms with van der Waals surface area (Å²) >= 11 is 0. The number of methoxy groups -OCH3 is 1. The van der Waals surface area contributed by atoms with E-state index in [9.17, 15) is 4.79 Å². The van der Waals surface area contributed by atoms with Gasteiger partial charge in [-0.3, -0.25) is 9.69 Å². The SMILES string of the molecule is COc1ccc(-c2ccccc2)cc1N1C(=O)[C@@H]2C[C@H]1CN2CC(C)C. The van der Waals surface area contributed by atoms with E-state index < -0.39 is 0 Å². The Bertz CT molecular complexity index is 803. The van der Waals surface area contributed by atoms with Crippen LogP contribution in [0.25, 0.3) is 11.1 Å². The van der Waals surface area contributed by atoms with Crippen molar-refractivity contribution < 1.29 is 9.53 Å². The number of likely N-dealkylation sites (tertiary alicyclic amines) is 1. The van der Waals surface area contributed by atoms with E-state index in [-0.39, 0.29) is 18.0 Å². The maximum atomic E-state index is 13.1. The Morgan fingerprint density at radius 2 is 1.88 bits per heavy atom. The minimum absolute atomic E-state index is 0.0208. The molecule has 2 heterocycles. The van der Waals surface area contributed by atoms with Gasteiger partial charge in [-0.2, -0.15) is 0 Å². The van der Waals surface area contributed by atoms with E-state index in [4.69, 9.17) is 4.74 Å². The van der Waals surface area contributed by atoms with Crippen LogP contribution in [0, 0.1) is 5.92 Å². The van der Waals surface area contributed by atoms with Crippen LogP contribution in [0.1, 0.15) is 20.3 Å². The molecular formula is C22H26N2O2. The molecule has 0 radical (unpaired) electrons. The summed E-state index contributed by atoms with van der Waals surface area (Å²) in [5.41, 5.74) is 3.15. The van der Waals surface area contributed by atoms with E-state index in [1.165, 1.54) is 0 Å². The average Bonchev–Trinajstić information content (AvgIpc) is 3.18. The van der Waals surface area contributed by atoms with Crippen LogP contribution in [0.5, 0.6) is 5.75 Å². The third kappa shape index (κ3) is 2.88. The third-order valence-corrected chi connectivity index (χ3v) is 5.41. The summed E-state index contributed by atoms with van der Waals surface area (Å²) in [6, 6.07) is 16.7. The van der Waals surface area contributed by atoms with Crippen molar-refractivity contribution in [3.8, 4) is 16.9 Å². The molecule has 2 bridgehead atoms. The fourth-order valence-electron chi connectivity index (χ4n) is 4.34. The highest BCUT2D eigenvalue weighted by atomic mass is 16.5. The fraction of sp³-hybridized carbons (Fsp3) is 0.409.